The van der Waals surface area contributed by atoms with Gasteiger partial charge >= 0.3 is 5.97 Å². The van der Waals surface area contributed by atoms with Gasteiger partial charge in [0.25, 0.3) is 0 Å². The van der Waals surface area contributed by atoms with Crippen LogP contribution >= 0.6 is 0 Å². The number of nitrogens with zero attached hydrogens (tertiary/aromatic N) is 2. The van der Waals surface area contributed by atoms with Crippen LogP contribution in [0.3, 0.4) is 0 Å². The second-order valence-corrected chi connectivity index (χ2v) is 4.92. The van der Waals surface area contributed by atoms with Gasteiger partial charge in [-0.3, -0.25) is 0 Å². The summed E-state index contributed by atoms with van der Waals surface area (Å²) in [6, 6.07) is 0. The van der Waals surface area contributed by atoms with Gasteiger partial charge in [-0.25, -0.2) is 14.8 Å². The summed E-state index contributed by atoms with van der Waals surface area (Å²) in [6.07, 6.45) is 2.83. The fourth-order valence-electron chi connectivity index (χ4n) is 2.23. The van der Waals surface area contributed by atoms with E-state index in [4.69, 9.17) is 9.47 Å². The lowest BCUT2D eigenvalue weighted by atomic mass is 10.0. The Hall–Kier alpha value is -1.69. The predicted molar refractivity (Wildman–Crippen MR) is 74.7 cm³/mol. The zero-order valence-electron chi connectivity index (χ0n) is 12.2. The first-order valence-electron chi connectivity index (χ1n) is 6.98. The maximum absolute atomic E-state index is 11.6. The van der Waals surface area contributed by atoms with Crippen LogP contribution in [0.2, 0.25) is 0 Å². The van der Waals surface area contributed by atoms with E-state index in [1.807, 2.05) is 0 Å². The first kappa shape index (κ1) is 14.7. The average molecular weight is 279 g/mol. The molecule has 1 saturated heterocycles. The van der Waals surface area contributed by atoms with Gasteiger partial charge in [0.05, 0.1) is 24.0 Å². The van der Waals surface area contributed by atoms with Gasteiger partial charge in [-0.1, -0.05) is 0 Å². The van der Waals surface area contributed by atoms with Gasteiger partial charge in [0.2, 0.25) is 5.95 Å². The zero-order chi connectivity index (χ0) is 14.5. The Morgan fingerprint density at radius 1 is 1.60 bits per heavy atom. The molecule has 0 aliphatic carbocycles. The van der Waals surface area contributed by atoms with Crippen LogP contribution in [0, 0.1) is 12.8 Å². The van der Waals surface area contributed by atoms with E-state index in [1.165, 1.54) is 6.20 Å². The number of carbonyl (C=O) groups is 1. The molecule has 6 heteroatoms. The van der Waals surface area contributed by atoms with E-state index >= 15 is 0 Å². The molecule has 110 valence electrons. The number of hydrogen-bond acceptors (Lipinski definition) is 6. The van der Waals surface area contributed by atoms with Crippen molar-refractivity contribution < 1.29 is 14.3 Å². The summed E-state index contributed by atoms with van der Waals surface area (Å²) >= 11 is 0. The molecule has 2 atom stereocenters. The van der Waals surface area contributed by atoms with E-state index < -0.39 is 0 Å². The number of rotatable bonds is 5. The van der Waals surface area contributed by atoms with Gasteiger partial charge in [0.1, 0.15) is 0 Å². The summed E-state index contributed by atoms with van der Waals surface area (Å²) in [6.45, 7) is 7.57. The molecule has 1 fully saturated rings. The first-order valence-corrected chi connectivity index (χ1v) is 6.98. The maximum Gasteiger partial charge on any atom is 0.341 e. The summed E-state index contributed by atoms with van der Waals surface area (Å²) in [4.78, 5) is 20.1. The number of ether oxygens (including phenoxy) is 2. The molecular formula is C14H21N3O3. The third kappa shape index (κ3) is 3.45. The summed E-state index contributed by atoms with van der Waals surface area (Å²) in [5, 5.41) is 3.20. The topological polar surface area (TPSA) is 73.3 Å². The quantitative estimate of drug-likeness (QED) is 0.828. The number of nitrogens with one attached hydrogen (secondary N) is 1. The van der Waals surface area contributed by atoms with Crippen molar-refractivity contribution in [3.8, 4) is 0 Å². The number of hydrogen-bond donors (Lipinski definition) is 1. The molecule has 1 aromatic heterocycles. The predicted octanol–water partition coefficient (Wildman–Crippen LogP) is 1.80. The van der Waals surface area contributed by atoms with Crippen molar-refractivity contribution in [2.24, 2.45) is 5.92 Å². The number of anilines is 1. The van der Waals surface area contributed by atoms with E-state index in [0.717, 1.165) is 19.6 Å². The monoisotopic (exact) mass is 279 g/mol. The second-order valence-electron chi connectivity index (χ2n) is 4.92. The summed E-state index contributed by atoms with van der Waals surface area (Å²) in [5.41, 5.74) is 1.03. The summed E-state index contributed by atoms with van der Waals surface area (Å²) in [5.74, 6) is 0.632. The molecule has 0 aromatic carbocycles. The van der Waals surface area contributed by atoms with Crippen LogP contribution in [0.15, 0.2) is 6.20 Å². The molecule has 0 spiro atoms. The smallest absolute Gasteiger partial charge is 0.341 e. The highest BCUT2D eigenvalue weighted by molar-refractivity contribution is 5.90. The highest BCUT2D eigenvalue weighted by atomic mass is 16.5. The van der Waals surface area contributed by atoms with Crippen molar-refractivity contribution in [2.45, 2.75) is 33.3 Å². The third-order valence-corrected chi connectivity index (χ3v) is 3.53. The van der Waals surface area contributed by atoms with E-state index in [1.54, 1.807) is 13.8 Å². The Morgan fingerprint density at radius 2 is 2.40 bits per heavy atom. The largest absolute Gasteiger partial charge is 0.462 e. The minimum atomic E-state index is -0.380. The number of esters is 1. The molecule has 0 radical (unpaired) electrons. The van der Waals surface area contributed by atoms with Gasteiger partial charge < -0.3 is 14.8 Å². The minimum Gasteiger partial charge on any atom is -0.462 e. The normalized spacial score (nSPS) is 21.8. The summed E-state index contributed by atoms with van der Waals surface area (Å²) in [7, 11) is 0. The van der Waals surface area contributed by atoms with Crippen molar-refractivity contribution in [2.75, 3.05) is 25.1 Å². The van der Waals surface area contributed by atoms with Crippen LogP contribution in [0.4, 0.5) is 5.95 Å². The SMILES string of the molecule is CCOC(=O)c1cnc(NCC2CCOC2C)nc1C. The van der Waals surface area contributed by atoms with Crippen LogP contribution < -0.4 is 5.32 Å². The maximum atomic E-state index is 11.6. The molecule has 6 nitrogen and oxygen atoms in total. The number of aromatic nitrogens is 2. The second kappa shape index (κ2) is 6.65. The van der Waals surface area contributed by atoms with Gasteiger partial charge in [0.15, 0.2) is 0 Å². The Kier molecular flexibility index (Phi) is 4.89. The fourth-order valence-corrected chi connectivity index (χ4v) is 2.23. The standard InChI is InChI=1S/C14H21N3O3/c1-4-19-13(18)12-8-16-14(17-9(12)2)15-7-11-5-6-20-10(11)3/h8,10-11H,4-7H2,1-3H3,(H,15,16,17). The van der Waals surface area contributed by atoms with E-state index in [9.17, 15) is 4.79 Å². The van der Waals surface area contributed by atoms with Crippen LogP contribution in [0.5, 0.6) is 0 Å². The molecule has 20 heavy (non-hydrogen) atoms. The van der Waals surface area contributed by atoms with Gasteiger partial charge in [-0.2, -0.15) is 0 Å². The van der Waals surface area contributed by atoms with E-state index in [2.05, 4.69) is 22.2 Å². The molecule has 2 heterocycles. The molecular weight excluding hydrogens is 258 g/mol. The Balaban J connectivity index is 1.96. The average Bonchev–Trinajstić information content (AvgIpc) is 2.82. The fraction of sp³-hybridized carbons (Fsp3) is 0.643. The Labute approximate surface area is 118 Å². The molecule has 0 saturated carbocycles. The van der Waals surface area contributed by atoms with Crippen LogP contribution in [0.1, 0.15) is 36.3 Å². The molecule has 0 amide bonds. The van der Waals surface area contributed by atoms with Crippen LogP contribution in [-0.4, -0.2) is 41.8 Å². The number of aryl methyl sites for hydroxylation is 1. The third-order valence-electron chi connectivity index (χ3n) is 3.53. The highest BCUT2D eigenvalue weighted by Crippen LogP contribution is 2.20. The Bertz CT molecular complexity index is 479. The van der Waals surface area contributed by atoms with Crippen molar-refractivity contribution >= 4 is 11.9 Å². The van der Waals surface area contributed by atoms with Crippen LogP contribution in [0.25, 0.3) is 0 Å². The van der Waals surface area contributed by atoms with Crippen molar-refractivity contribution in [3.63, 3.8) is 0 Å². The molecule has 1 aliphatic rings. The van der Waals surface area contributed by atoms with Crippen molar-refractivity contribution in [1.82, 2.24) is 9.97 Å². The molecule has 2 unspecified atom stereocenters. The Morgan fingerprint density at radius 3 is 3.00 bits per heavy atom. The lowest BCUT2D eigenvalue weighted by molar-refractivity contribution is 0.0524. The lowest BCUT2D eigenvalue weighted by Crippen LogP contribution is -2.22. The van der Waals surface area contributed by atoms with E-state index in [-0.39, 0.29) is 12.1 Å². The van der Waals surface area contributed by atoms with E-state index in [0.29, 0.717) is 29.7 Å². The molecule has 0 bridgehead atoms. The van der Waals surface area contributed by atoms with Gasteiger partial charge in [-0.15, -0.1) is 0 Å². The van der Waals surface area contributed by atoms with Crippen molar-refractivity contribution in [3.05, 3.63) is 17.5 Å². The molecule has 1 aromatic rings. The minimum absolute atomic E-state index is 0.266. The lowest BCUT2D eigenvalue weighted by Gasteiger charge is -2.15. The summed E-state index contributed by atoms with van der Waals surface area (Å²) < 4.78 is 10.5. The molecule has 2 rings (SSSR count). The van der Waals surface area contributed by atoms with Gasteiger partial charge in [-0.05, 0) is 27.2 Å². The first-order chi connectivity index (χ1) is 9.61. The highest BCUT2D eigenvalue weighted by Gasteiger charge is 2.24. The van der Waals surface area contributed by atoms with Crippen LogP contribution in [-0.2, 0) is 9.47 Å². The van der Waals surface area contributed by atoms with Crippen molar-refractivity contribution in [1.29, 1.82) is 0 Å². The molecule has 1 aliphatic heterocycles. The molecule has 1 N–H and O–H groups in total. The zero-order valence-corrected chi connectivity index (χ0v) is 12.2. The van der Waals surface area contributed by atoms with Gasteiger partial charge in [0, 0.05) is 25.3 Å². The number of carbonyl (C=O) groups excluding carboxylic acids is 1.